The molecule has 0 radical (unpaired) electrons. The van der Waals surface area contributed by atoms with Crippen LogP contribution in [0.25, 0.3) is 0 Å². The second-order valence-electron chi connectivity index (χ2n) is 5.04. The molecule has 1 rings (SSSR count). The quantitative estimate of drug-likeness (QED) is 0.738. The Morgan fingerprint density at radius 1 is 1.53 bits per heavy atom. The van der Waals surface area contributed by atoms with Gasteiger partial charge in [0.15, 0.2) is 0 Å². The maximum atomic E-state index is 11.5. The number of amides is 1. The van der Waals surface area contributed by atoms with Crippen molar-refractivity contribution in [3.8, 4) is 0 Å². The lowest BCUT2D eigenvalue weighted by molar-refractivity contribution is -0.127. The summed E-state index contributed by atoms with van der Waals surface area (Å²) in [6.45, 7) is 8.04. The summed E-state index contributed by atoms with van der Waals surface area (Å²) in [7, 11) is 0. The number of rotatable bonds is 6. The van der Waals surface area contributed by atoms with E-state index in [-0.39, 0.29) is 18.6 Å². The van der Waals surface area contributed by atoms with Gasteiger partial charge in [0.1, 0.15) is 6.61 Å². The van der Waals surface area contributed by atoms with Gasteiger partial charge in [0, 0.05) is 12.6 Å². The average molecular weight is 242 g/mol. The minimum atomic E-state index is -0.0130. The predicted molar refractivity (Wildman–Crippen MR) is 68.9 cm³/mol. The summed E-state index contributed by atoms with van der Waals surface area (Å²) >= 11 is 0. The molecule has 1 aliphatic rings. The molecule has 1 aliphatic heterocycles. The van der Waals surface area contributed by atoms with Crippen molar-refractivity contribution < 1.29 is 9.53 Å². The van der Waals surface area contributed by atoms with Crippen LogP contribution in [0.15, 0.2) is 0 Å². The number of piperidine rings is 1. The number of hydrogen-bond acceptors (Lipinski definition) is 3. The Balaban J connectivity index is 2.21. The van der Waals surface area contributed by atoms with Crippen LogP contribution in [0.4, 0.5) is 0 Å². The van der Waals surface area contributed by atoms with Crippen molar-refractivity contribution in [3.63, 3.8) is 0 Å². The molecular formula is C13H26N2O2. The zero-order chi connectivity index (χ0) is 12.7. The lowest BCUT2D eigenvalue weighted by atomic mass is 9.89. The largest absolute Gasteiger partial charge is 0.369 e. The first kappa shape index (κ1) is 14.5. The fourth-order valence-electron chi connectivity index (χ4n) is 2.26. The van der Waals surface area contributed by atoms with Gasteiger partial charge in [-0.05, 0) is 39.2 Å². The van der Waals surface area contributed by atoms with Crippen LogP contribution in [0.2, 0.25) is 0 Å². The van der Waals surface area contributed by atoms with E-state index in [0.29, 0.717) is 12.0 Å². The number of carbonyl (C=O) groups excluding carboxylic acids is 1. The topological polar surface area (TPSA) is 50.4 Å². The van der Waals surface area contributed by atoms with Gasteiger partial charge in [-0.1, -0.05) is 13.3 Å². The van der Waals surface area contributed by atoms with E-state index in [1.54, 1.807) is 0 Å². The zero-order valence-corrected chi connectivity index (χ0v) is 11.3. The maximum absolute atomic E-state index is 11.5. The smallest absolute Gasteiger partial charge is 0.246 e. The molecule has 4 nitrogen and oxygen atoms in total. The minimum Gasteiger partial charge on any atom is -0.369 e. The Morgan fingerprint density at radius 3 is 2.94 bits per heavy atom. The fourth-order valence-corrected chi connectivity index (χ4v) is 2.26. The van der Waals surface area contributed by atoms with Gasteiger partial charge in [0.25, 0.3) is 0 Å². The molecule has 1 heterocycles. The van der Waals surface area contributed by atoms with Crippen LogP contribution in [0.5, 0.6) is 0 Å². The van der Waals surface area contributed by atoms with Crippen LogP contribution in [-0.2, 0) is 9.53 Å². The van der Waals surface area contributed by atoms with Crippen LogP contribution >= 0.6 is 0 Å². The average Bonchev–Trinajstić information content (AvgIpc) is 2.34. The molecule has 0 saturated carbocycles. The van der Waals surface area contributed by atoms with Gasteiger partial charge < -0.3 is 15.4 Å². The summed E-state index contributed by atoms with van der Waals surface area (Å²) in [4.78, 5) is 11.5. The first-order chi connectivity index (χ1) is 8.13. The van der Waals surface area contributed by atoms with Gasteiger partial charge in [-0.2, -0.15) is 0 Å². The normalized spacial score (nSPS) is 24.9. The molecule has 0 aromatic carbocycles. The van der Waals surface area contributed by atoms with Crippen LogP contribution < -0.4 is 10.6 Å². The van der Waals surface area contributed by atoms with Gasteiger partial charge in [-0.15, -0.1) is 0 Å². The number of ether oxygens (including phenoxy) is 1. The van der Waals surface area contributed by atoms with Crippen molar-refractivity contribution in [2.24, 2.45) is 5.92 Å². The van der Waals surface area contributed by atoms with E-state index in [9.17, 15) is 4.79 Å². The second kappa shape index (κ2) is 7.67. The van der Waals surface area contributed by atoms with Gasteiger partial charge in [-0.25, -0.2) is 0 Å². The first-order valence-electron chi connectivity index (χ1n) is 6.75. The summed E-state index contributed by atoms with van der Waals surface area (Å²) < 4.78 is 5.26. The SMILES string of the molecule is CCC1CCCNC1CNC(=O)COC(C)C. The lowest BCUT2D eigenvalue weighted by Gasteiger charge is -2.32. The Kier molecular flexibility index (Phi) is 6.52. The molecule has 1 saturated heterocycles. The number of carbonyl (C=O) groups is 1. The second-order valence-corrected chi connectivity index (χ2v) is 5.04. The Morgan fingerprint density at radius 2 is 2.29 bits per heavy atom. The molecule has 1 amide bonds. The van der Waals surface area contributed by atoms with Crippen molar-refractivity contribution in [1.29, 1.82) is 0 Å². The number of hydrogen-bond donors (Lipinski definition) is 2. The van der Waals surface area contributed by atoms with Gasteiger partial charge in [0.05, 0.1) is 6.10 Å². The molecule has 2 N–H and O–H groups in total. The summed E-state index contributed by atoms with van der Waals surface area (Å²) in [6.07, 6.45) is 3.80. The molecule has 0 spiro atoms. The third-order valence-corrected chi connectivity index (χ3v) is 3.32. The van der Waals surface area contributed by atoms with Crippen molar-refractivity contribution >= 4 is 5.91 Å². The van der Waals surface area contributed by atoms with Gasteiger partial charge in [-0.3, -0.25) is 4.79 Å². The fraction of sp³-hybridized carbons (Fsp3) is 0.923. The maximum Gasteiger partial charge on any atom is 0.246 e. The highest BCUT2D eigenvalue weighted by Gasteiger charge is 2.23. The molecule has 0 aromatic heterocycles. The summed E-state index contributed by atoms with van der Waals surface area (Å²) in [5, 5.41) is 6.43. The van der Waals surface area contributed by atoms with Crippen LogP contribution in [0.1, 0.15) is 40.0 Å². The van der Waals surface area contributed by atoms with Gasteiger partial charge in [0.2, 0.25) is 5.91 Å². The Labute approximate surface area is 104 Å². The van der Waals surface area contributed by atoms with E-state index in [2.05, 4.69) is 17.6 Å². The predicted octanol–water partition coefficient (Wildman–Crippen LogP) is 1.31. The molecule has 0 aliphatic carbocycles. The molecule has 2 unspecified atom stereocenters. The van der Waals surface area contributed by atoms with E-state index < -0.39 is 0 Å². The van der Waals surface area contributed by atoms with Crippen molar-refractivity contribution in [1.82, 2.24) is 10.6 Å². The Bertz CT molecular complexity index is 231. The van der Waals surface area contributed by atoms with Crippen LogP contribution in [0, 0.1) is 5.92 Å². The molecule has 17 heavy (non-hydrogen) atoms. The van der Waals surface area contributed by atoms with Crippen LogP contribution in [-0.4, -0.2) is 37.7 Å². The van der Waals surface area contributed by atoms with E-state index in [4.69, 9.17) is 4.74 Å². The van der Waals surface area contributed by atoms with Crippen LogP contribution in [0.3, 0.4) is 0 Å². The zero-order valence-electron chi connectivity index (χ0n) is 11.3. The first-order valence-corrected chi connectivity index (χ1v) is 6.75. The molecule has 100 valence electrons. The van der Waals surface area contributed by atoms with E-state index in [1.807, 2.05) is 13.8 Å². The van der Waals surface area contributed by atoms with E-state index >= 15 is 0 Å². The minimum absolute atomic E-state index is 0.0130. The monoisotopic (exact) mass is 242 g/mol. The summed E-state index contributed by atoms with van der Waals surface area (Å²) in [6, 6.07) is 0.428. The third-order valence-electron chi connectivity index (χ3n) is 3.32. The van der Waals surface area contributed by atoms with Crippen molar-refractivity contribution in [3.05, 3.63) is 0 Å². The molecule has 1 fully saturated rings. The summed E-state index contributed by atoms with van der Waals surface area (Å²) in [5.74, 6) is 0.677. The molecule has 2 atom stereocenters. The molecule has 4 heteroatoms. The molecular weight excluding hydrogens is 216 g/mol. The van der Waals surface area contributed by atoms with Crippen molar-refractivity contribution in [2.75, 3.05) is 19.7 Å². The van der Waals surface area contributed by atoms with E-state index in [0.717, 1.165) is 13.1 Å². The van der Waals surface area contributed by atoms with Gasteiger partial charge >= 0.3 is 0 Å². The molecule has 0 aromatic rings. The van der Waals surface area contributed by atoms with E-state index in [1.165, 1.54) is 19.3 Å². The highest BCUT2D eigenvalue weighted by molar-refractivity contribution is 5.77. The van der Waals surface area contributed by atoms with Crippen molar-refractivity contribution in [2.45, 2.75) is 52.2 Å². The summed E-state index contributed by atoms with van der Waals surface area (Å²) in [5.41, 5.74) is 0. The third kappa shape index (κ3) is 5.50. The highest BCUT2D eigenvalue weighted by Crippen LogP contribution is 2.19. The number of nitrogens with one attached hydrogen (secondary N) is 2. The standard InChI is InChI=1S/C13H26N2O2/c1-4-11-6-5-7-14-12(11)8-15-13(16)9-17-10(2)3/h10-12,14H,4-9H2,1-3H3,(H,15,16). The molecule has 0 bridgehead atoms. The lowest BCUT2D eigenvalue weighted by Crippen LogP contribution is -2.49. The highest BCUT2D eigenvalue weighted by atomic mass is 16.5. The Hall–Kier alpha value is -0.610.